The van der Waals surface area contributed by atoms with Crippen LogP contribution in [0.15, 0.2) is 42.5 Å². The van der Waals surface area contributed by atoms with Crippen LogP contribution in [0.2, 0.25) is 0 Å². The SMILES string of the molecule is COc1cc2c(cc1OC)C(c1ccccc1)N(C(=O)CC1CCCCC1)CC2. The van der Waals surface area contributed by atoms with Gasteiger partial charge in [0.15, 0.2) is 11.5 Å². The van der Waals surface area contributed by atoms with Gasteiger partial charge in [0.2, 0.25) is 5.91 Å². The van der Waals surface area contributed by atoms with Crippen LogP contribution in [-0.4, -0.2) is 31.6 Å². The highest BCUT2D eigenvalue weighted by atomic mass is 16.5. The second-order valence-electron chi connectivity index (χ2n) is 8.26. The maximum Gasteiger partial charge on any atom is 0.223 e. The van der Waals surface area contributed by atoms with Crippen LogP contribution in [-0.2, 0) is 11.2 Å². The number of carbonyl (C=O) groups is 1. The molecule has 0 spiro atoms. The van der Waals surface area contributed by atoms with Gasteiger partial charge in [-0.05, 0) is 54.0 Å². The van der Waals surface area contributed by atoms with Gasteiger partial charge in [0, 0.05) is 13.0 Å². The van der Waals surface area contributed by atoms with Gasteiger partial charge >= 0.3 is 0 Å². The third-order valence-electron chi connectivity index (χ3n) is 6.50. The molecule has 154 valence electrons. The minimum atomic E-state index is -0.0733. The Labute approximate surface area is 173 Å². The van der Waals surface area contributed by atoms with Crippen molar-refractivity contribution >= 4 is 5.91 Å². The number of ether oxygens (including phenoxy) is 2. The fourth-order valence-corrected chi connectivity index (χ4v) is 4.96. The summed E-state index contributed by atoms with van der Waals surface area (Å²) in [4.78, 5) is 15.5. The molecule has 0 N–H and O–H groups in total. The normalized spacial score (nSPS) is 19.5. The van der Waals surface area contributed by atoms with Crippen molar-refractivity contribution in [2.45, 2.75) is 51.0 Å². The Morgan fingerprint density at radius 3 is 2.38 bits per heavy atom. The van der Waals surface area contributed by atoms with Crippen LogP contribution >= 0.6 is 0 Å². The van der Waals surface area contributed by atoms with E-state index in [4.69, 9.17) is 9.47 Å². The summed E-state index contributed by atoms with van der Waals surface area (Å²) in [6.07, 6.45) is 7.74. The van der Waals surface area contributed by atoms with E-state index in [1.54, 1.807) is 14.2 Å². The number of hydrogen-bond donors (Lipinski definition) is 0. The maximum atomic E-state index is 13.4. The van der Waals surface area contributed by atoms with Gasteiger partial charge in [-0.2, -0.15) is 0 Å². The molecule has 29 heavy (non-hydrogen) atoms. The van der Waals surface area contributed by atoms with Crippen LogP contribution in [0, 0.1) is 5.92 Å². The Hall–Kier alpha value is -2.49. The largest absolute Gasteiger partial charge is 0.493 e. The summed E-state index contributed by atoms with van der Waals surface area (Å²) in [6, 6.07) is 14.4. The molecule has 1 aliphatic carbocycles. The molecule has 2 aromatic rings. The summed E-state index contributed by atoms with van der Waals surface area (Å²) in [5.74, 6) is 2.29. The Kier molecular flexibility index (Phi) is 6.08. The van der Waals surface area contributed by atoms with Gasteiger partial charge in [-0.3, -0.25) is 4.79 Å². The molecule has 1 aliphatic heterocycles. The minimum Gasteiger partial charge on any atom is -0.493 e. The lowest BCUT2D eigenvalue weighted by atomic mass is 9.84. The summed E-state index contributed by atoms with van der Waals surface area (Å²) < 4.78 is 11.1. The molecule has 4 rings (SSSR count). The van der Waals surface area contributed by atoms with Gasteiger partial charge in [0.05, 0.1) is 20.3 Å². The average Bonchev–Trinajstić information content (AvgIpc) is 2.78. The molecular weight excluding hydrogens is 362 g/mol. The zero-order valence-electron chi connectivity index (χ0n) is 17.5. The van der Waals surface area contributed by atoms with E-state index in [9.17, 15) is 4.79 Å². The molecule has 0 aromatic heterocycles. The number of amides is 1. The van der Waals surface area contributed by atoms with Crippen LogP contribution in [0.3, 0.4) is 0 Å². The number of rotatable bonds is 5. The number of benzene rings is 2. The zero-order chi connectivity index (χ0) is 20.2. The fraction of sp³-hybridized carbons (Fsp3) is 0.480. The summed E-state index contributed by atoms with van der Waals surface area (Å²) in [5, 5.41) is 0. The van der Waals surface area contributed by atoms with Gasteiger partial charge in [-0.1, -0.05) is 49.6 Å². The van der Waals surface area contributed by atoms with Crippen LogP contribution < -0.4 is 9.47 Å². The smallest absolute Gasteiger partial charge is 0.223 e. The molecule has 4 nitrogen and oxygen atoms in total. The molecule has 0 saturated heterocycles. The van der Waals surface area contributed by atoms with Gasteiger partial charge < -0.3 is 14.4 Å². The summed E-state index contributed by atoms with van der Waals surface area (Å²) in [6.45, 7) is 0.744. The van der Waals surface area contributed by atoms with Gasteiger partial charge in [-0.15, -0.1) is 0 Å². The molecule has 1 saturated carbocycles. The predicted octanol–water partition coefficient (Wildman–Crippen LogP) is 5.15. The average molecular weight is 394 g/mol. The van der Waals surface area contributed by atoms with E-state index in [1.165, 1.54) is 37.7 Å². The Bertz CT molecular complexity index is 843. The first-order chi connectivity index (χ1) is 14.2. The third-order valence-corrected chi connectivity index (χ3v) is 6.50. The van der Waals surface area contributed by atoms with Crippen LogP contribution in [0.25, 0.3) is 0 Å². The number of nitrogens with zero attached hydrogens (tertiary/aromatic N) is 1. The molecule has 4 heteroatoms. The van der Waals surface area contributed by atoms with Gasteiger partial charge in [0.25, 0.3) is 0 Å². The van der Waals surface area contributed by atoms with Crippen molar-refractivity contribution in [2.24, 2.45) is 5.92 Å². The van der Waals surface area contributed by atoms with E-state index >= 15 is 0 Å². The Morgan fingerprint density at radius 2 is 1.69 bits per heavy atom. The lowest BCUT2D eigenvalue weighted by molar-refractivity contribution is -0.134. The number of hydrogen-bond acceptors (Lipinski definition) is 3. The first kappa shape index (κ1) is 19.8. The number of fused-ring (bicyclic) bond motifs is 1. The van der Waals surface area contributed by atoms with Crippen LogP contribution in [0.5, 0.6) is 11.5 Å². The Balaban J connectivity index is 1.70. The maximum absolute atomic E-state index is 13.4. The first-order valence-corrected chi connectivity index (χ1v) is 10.8. The van der Waals surface area contributed by atoms with Gasteiger partial charge in [-0.25, -0.2) is 0 Å². The van der Waals surface area contributed by atoms with Crippen molar-refractivity contribution < 1.29 is 14.3 Å². The van der Waals surface area contributed by atoms with Crippen molar-refractivity contribution in [3.05, 3.63) is 59.2 Å². The fourth-order valence-electron chi connectivity index (χ4n) is 4.96. The van der Waals surface area contributed by atoms with E-state index in [0.717, 1.165) is 29.8 Å². The molecule has 1 atom stereocenters. The van der Waals surface area contributed by atoms with Crippen LogP contribution in [0.4, 0.5) is 0 Å². The monoisotopic (exact) mass is 393 g/mol. The summed E-state index contributed by atoms with van der Waals surface area (Å²) in [5.41, 5.74) is 3.54. The quantitative estimate of drug-likeness (QED) is 0.705. The topological polar surface area (TPSA) is 38.8 Å². The van der Waals surface area contributed by atoms with E-state index < -0.39 is 0 Å². The minimum absolute atomic E-state index is 0.0733. The lowest BCUT2D eigenvalue weighted by Crippen LogP contribution is -2.41. The first-order valence-electron chi connectivity index (χ1n) is 10.8. The molecule has 0 radical (unpaired) electrons. The molecule has 0 bridgehead atoms. The molecule has 1 fully saturated rings. The molecule has 1 heterocycles. The van der Waals surface area contributed by atoms with Crippen molar-refractivity contribution in [1.82, 2.24) is 4.90 Å². The van der Waals surface area contributed by atoms with Crippen molar-refractivity contribution in [2.75, 3.05) is 20.8 Å². The van der Waals surface area contributed by atoms with Crippen molar-refractivity contribution in [3.63, 3.8) is 0 Å². The second-order valence-corrected chi connectivity index (χ2v) is 8.26. The molecule has 1 unspecified atom stereocenters. The van der Waals surface area contributed by atoms with E-state index in [0.29, 0.717) is 18.1 Å². The third kappa shape index (κ3) is 4.12. The molecule has 2 aromatic carbocycles. The second kappa shape index (κ2) is 8.89. The lowest BCUT2D eigenvalue weighted by Gasteiger charge is -2.39. The highest BCUT2D eigenvalue weighted by Crippen LogP contribution is 2.41. The molecule has 2 aliphatic rings. The zero-order valence-corrected chi connectivity index (χ0v) is 17.5. The van der Waals surface area contributed by atoms with Crippen LogP contribution in [0.1, 0.15) is 61.3 Å². The van der Waals surface area contributed by atoms with E-state index in [2.05, 4.69) is 29.2 Å². The van der Waals surface area contributed by atoms with Crippen molar-refractivity contribution in [3.8, 4) is 11.5 Å². The standard InChI is InChI=1S/C25H31NO3/c1-28-22-16-20-13-14-26(24(27)15-18-9-5-3-6-10-18)25(19-11-7-4-8-12-19)21(20)17-23(22)29-2/h4,7-8,11-12,16-18,25H,3,5-6,9-10,13-15H2,1-2H3. The number of methoxy groups -OCH3 is 2. The van der Waals surface area contributed by atoms with Crippen molar-refractivity contribution in [1.29, 1.82) is 0 Å². The highest BCUT2D eigenvalue weighted by Gasteiger charge is 2.34. The predicted molar refractivity (Wildman–Crippen MR) is 114 cm³/mol. The van der Waals surface area contributed by atoms with E-state index in [-0.39, 0.29) is 11.9 Å². The van der Waals surface area contributed by atoms with E-state index in [1.807, 2.05) is 18.2 Å². The molecule has 1 amide bonds. The highest BCUT2D eigenvalue weighted by molar-refractivity contribution is 5.78. The summed E-state index contributed by atoms with van der Waals surface area (Å²) >= 11 is 0. The number of carbonyl (C=O) groups excluding carboxylic acids is 1. The molecular formula is C25H31NO3. The van der Waals surface area contributed by atoms with Gasteiger partial charge in [0.1, 0.15) is 0 Å². The summed E-state index contributed by atoms with van der Waals surface area (Å²) in [7, 11) is 3.33. The Morgan fingerprint density at radius 1 is 1.00 bits per heavy atom.